The molecule has 6 nitrogen and oxygen atoms in total. The van der Waals surface area contributed by atoms with Crippen molar-refractivity contribution in [3.63, 3.8) is 0 Å². The monoisotopic (exact) mass is 378 g/mol. The van der Waals surface area contributed by atoms with Crippen molar-refractivity contribution in [2.75, 3.05) is 22.9 Å². The summed E-state index contributed by atoms with van der Waals surface area (Å²) in [5, 5.41) is 0. The Morgan fingerprint density at radius 3 is 2.33 bits per heavy atom. The molecule has 27 heavy (non-hydrogen) atoms. The van der Waals surface area contributed by atoms with E-state index in [1.165, 1.54) is 0 Å². The Hall–Kier alpha value is -2.45. The fraction of sp³-hybridized carbons (Fsp3) is 0.556. The van der Waals surface area contributed by atoms with Gasteiger partial charge < -0.3 is 9.80 Å². The molecule has 0 aliphatic carbocycles. The van der Waals surface area contributed by atoms with Gasteiger partial charge in [-0.2, -0.15) is 13.2 Å². The van der Waals surface area contributed by atoms with Gasteiger partial charge in [-0.25, -0.2) is 19.9 Å². The predicted octanol–water partition coefficient (Wildman–Crippen LogP) is 3.05. The van der Waals surface area contributed by atoms with Crippen molar-refractivity contribution in [2.45, 2.75) is 50.9 Å². The van der Waals surface area contributed by atoms with E-state index in [1.54, 1.807) is 6.20 Å². The maximum atomic E-state index is 12.9. The molecule has 5 heterocycles. The van der Waals surface area contributed by atoms with E-state index >= 15 is 0 Å². The molecule has 2 bridgehead atoms. The smallest absolute Gasteiger partial charge is 0.352 e. The number of piperidine rings is 1. The number of piperazine rings is 1. The zero-order chi connectivity index (χ0) is 19.4. The average molecular weight is 378 g/mol. The predicted molar refractivity (Wildman–Crippen MR) is 94.7 cm³/mol. The van der Waals surface area contributed by atoms with Crippen LogP contribution in [0.5, 0.6) is 0 Å². The summed E-state index contributed by atoms with van der Waals surface area (Å²) in [5.74, 6) is 1.99. The second kappa shape index (κ2) is 6.03. The zero-order valence-electron chi connectivity index (χ0n) is 15.4. The van der Waals surface area contributed by atoms with Gasteiger partial charge in [0.2, 0.25) is 0 Å². The molecule has 2 aromatic heterocycles. The molecule has 5 rings (SSSR count). The van der Waals surface area contributed by atoms with Gasteiger partial charge in [0.05, 0.1) is 12.1 Å². The van der Waals surface area contributed by atoms with Crippen LogP contribution < -0.4 is 9.80 Å². The first-order valence-corrected chi connectivity index (χ1v) is 8.89. The summed E-state index contributed by atoms with van der Waals surface area (Å²) in [6, 6.07) is 3.33. The van der Waals surface area contributed by atoms with Crippen molar-refractivity contribution in [2.24, 2.45) is 0 Å². The van der Waals surface area contributed by atoms with Crippen LogP contribution in [-0.4, -0.2) is 45.1 Å². The fourth-order valence-electron chi connectivity index (χ4n) is 3.70. The van der Waals surface area contributed by atoms with E-state index in [1.807, 2.05) is 11.0 Å². The second-order valence-electron chi connectivity index (χ2n) is 8.10. The van der Waals surface area contributed by atoms with Crippen molar-refractivity contribution in [1.29, 1.82) is 0 Å². The normalized spacial score (nSPS) is 22.6. The number of aromatic nitrogens is 4. The van der Waals surface area contributed by atoms with Crippen LogP contribution >= 0.6 is 0 Å². The molecule has 0 amide bonds. The van der Waals surface area contributed by atoms with Crippen molar-refractivity contribution >= 4 is 11.6 Å². The van der Waals surface area contributed by atoms with Gasteiger partial charge in [0, 0.05) is 30.8 Å². The Labute approximate surface area is 155 Å². The summed E-state index contributed by atoms with van der Waals surface area (Å²) in [4.78, 5) is 20.6. The topological polar surface area (TPSA) is 58.0 Å². The fourth-order valence-corrected chi connectivity index (χ4v) is 3.70. The van der Waals surface area contributed by atoms with E-state index in [2.05, 4.69) is 40.6 Å². The van der Waals surface area contributed by atoms with E-state index in [0.29, 0.717) is 18.9 Å². The van der Waals surface area contributed by atoms with Crippen molar-refractivity contribution < 1.29 is 13.2 Å². The van der Waals surface area contributed by atoms with Gasteiger partial charge in [-0.1, -0.05) is 20.8 Å². The lowest BCUT2D eigenvalue weighted by Crippen LogP contribution is -2.69. The number of halogens is 3. The highest BCUT2D eigenvalue weighted by Gasteiger charge is 2.46. The lowest BCUT2D eigenvalue weighted by Gasteiger charge is -2.57. The van der Waals surface area contributed by atoms with Crippen LogP contribution in [0.1, 0.15) is 38.7 Å². The van der Waals surface area contributed by atoms with Crippen LogP contribution in [0.2, 0.25) is 0 Å². The lowest BCUT2D eigenvalue weighted by atomic mass is 9.87. The minimum atomic E-state index is -4.47. The van der Waals surface area contributed by atoms with E-state index < -0.39 is 11.9 Å². The van der Waals surface area contributed by atoms with E-state index in [9.17, 15) is 13.2 Å². The zero-order valence-corrected chi connectivity index (χ0v) is 15.4. The molecular formula is C18H21F3N6. The number of rotatable bonds is 2. The first-order chi connectivity index (χ1) is 12.6. The van der Waals surface area contributed by atoms with Crippen LogP contribution in [0.4, 0.5) is 24.8 Å². The molecule has 2 aromatic rings. The number of nitrogens with zero attached hydrogens (tertiary/aromatic N) is 6. The van der Waals surface area contributed by atoms with Crippen LogP contribution in [0, 0.1) is 0 Å². The number of anilines is 2. The van der Waals surface area contributed by atoms with Crippen molar-refractivity contribution in [3.05, 3.63) is 36.2 Å². The molecule has 2 unspecified atom stereocenters. The summed E-state index contributed by atoms with van der Waals surface area (Å²) >= 11 is 0. The molecule has 0 N–H and O–H groups in total. The molecule has 0 radical (unpaired) electrons. The van der Waals surface area contributed by atoms with Crippen LogP contribution in [0.3, 0.4) is 0 Å². The summed E-state index contributed by atoms with van der Waals surface area (Å²) in [6.07, 6.45) is -0.708. The number of alkyl halides is 3. The maximum Gasteiger partial charge on any atom is 0.433 e. The highest BCUT2D eigenvalue weighted by atomic mass is 19.4. The minimum Gasteiger partial charge on any atom is -0.352 e. The molecular weight excluding hydrogens is 357 g/mol. The molecule has 3 fully saturated rings. The van der Waals surface area contributed by atoms with E-state index in [4.69, 9.17) is 4.98 Å². The Bertz CT molecular complexity index is 835. The summed E-state index contributed by atoms with van der Waals surface area (Å²) in [6.45, 7) is 7.42. The minimum absolute atomic E-state index is 0.142. The van der Waals surface area contributed by atoms with Gasteiger partial charge in [-0.15, -0.1) is 0 Å². The second-order valence-corrected chi connectivity index (χ2v) is 8.10. The Morgan fingerprint density at radius 2 is 1.70 bits per heavy atom. The summed E-state index contributed by atoms with van der Waals surface area (Å²) in [7, 11) is 0. The quantitative estimate of drug-likeness (QED) is 0.801. The summed E-state index contributed by atoms with van der Waals surface area (Å²) in [5.41, 5.74) is -1.05. The third-order valence-electron chi connectivity index (χ3n) is 5.04. The molecule has 9 heteroatoms. The first-order valence-electron chi connectivity index (χ1n) is 8.89. The molecule has 3 aliphatic heterocycles. The van der Waals surface area contributed by atoms with Gasteiger partial charge in [0.15, 0.2) is 0 Å². The standard InChI is InChI=1S/C18H21F3N6/c1-17(2,3)16-22-5-4-14(25-16)27-11-6-12(27)9-26(8-11)15-7-13(18(19,20)21)23-10-24-15/h4-5,7,10-12H,6,8-9H2,1-3H3. The molecule has 3 aliphatic rings. The lowest BCUT2D eigenvalue weighted by molar-refractivity contribution is -0.141. The van der Waals surface area contributed by atoms with Gasteiger partial charge >= 0.3 is 6.18 Å². The number of hydrogen-bond acceptors (Lipinski definition) is 6. The highest BCUT2D eigenvalue weighted by Crippen LogP contribution is 2.38. The Kier molecular flexibility index (Phi) is 4.01. The van der Waals surface area contributed by atoms with Gasteiger partial charge in [-0.3, -0.25) is 0 Å². The van der Waals surface area contributed by atoms with Gasteiger partial charge in [-0.05, 0) is 12.5 Å². The first kappa shape index (κ1) is 17.9. The van der Waals surface area contributed by atoms with E-state index in [0.717, 1.165) is 30.5 Å². The maximum absolute atomic E-state index is 12.9. The SMILES string of the molecule is CC(C)(C)c1nccc(N2C3CC2CN(c2cc(C(F)(F)F)ncn2)C3)n1. The average Bonchev–Trinajstić information content (AvgIpc) is 2.61. The molecule has 0 aromatic carbocycles. The Balaban J connectivity index is 1.52. The van der Waals surface area contributed by atoms with Crippen LogP contribution in [-0.2, 0) is 11.6 Å². The molecule has 2 atom stereocenters. The molecule has 144 valence electrons. The van der Waals surface area contributed by atoms with Crippen molar-refractivity contribution in [3.8, 4) is 0 Å². The van der Waals surface area contributed by atoms with E-state index in [-0.39, 0.29) is 17.5 Å². The van der Waals surface area contributed by atoms with Crippen LogP contribution in [0.25, 0.3) is 0 Å². The summed E-state index contributed by atoms with van der Waals surface area (Å²) < 4.78 is 38.7. The molecule has 3 saturated heterocycles. The van der Waals surface area contributed by atoms with Gasteiger partial charge in [0.1, 0.15) is 29.5 Å². The van der Waals surface area contributed by atoms with Crippen molar-refractivity contribution in [1.82, 2.24) is 19.9 Å². The third kappa shape index (κ3) is 3.30. The van der Waals surface area contributed by atoms with Gasteiger partial charge in [0.25, 0.3) is 0 Å². The number of fused-ring (bicyclic) bond motifs is 2. The highest BCUT2D eigenvalue weighted by molar-refractivity contribution is 5.52. The molecule has 0 spiro atoms. The Morgan fingerprint density at radius 1 is 1.00 bits per heavy atom. The third-order valence-corrected chi connectivity index (χ3v) is 5.04. The molecule has 0 saturated carbocycles. The van der Waals surface area contributed by atoms with Crippen LogP contribution in [0.15, 0.2) is 24.7 Å². The largest absolute Gasteiger partial charge is 0.433 e. The number of hydrogen-bond donors (Lipinski definition) is 0.